The standard InChI is InChI=1S/C11H12BrN3OS/c1-16-10-9(12)6-14-11(15-10)13-4-2-8-3-5-17-7-8/h3,5-7H,2,4H2,1H3,(H,13,14,15). The summed E-state index contributed by atoms with van der Waals surface area (Å²) >= 11 is 5.02. The van der Waals surface area contributed by atoms with Gasteiger partial charge in [0, 0.05) is 6.54 Å². The predicted molar refractivity (Wildman–Crippen MR) is 72.8 cm³/mol. The van der Waals surface area contributed by atoms with E-state index in [1.54, 1.807) is 24.6 Å². The summed E-state index contributed by atoms with van der Waals surface area (Å²) in [5.41, 5.74) is 1.33. The highest BCUT2D eigenvalue weighted by Gasteiger charge is 2.04. The van der Waals surface area contributed by atoms with Crippen LogP contribution in [-0.4, -0.2) is 23.6 Å². The van der Waals surface area contributed by atoms with E-state index >= 15 is 0 Å². The molecule has 0 atom stereocenters. The van der Waals surface area contributed by atoms with Gasteiger partial charge in [-0.15, -0.1) is 0 Å². The summed E-state index contributed by atoms with van der Waals surface area (Å²) in [7, 11) is 1.59. The van der Waals surface area contributed by atoms with Crippen LogP contribution in [0.2, 0.25) is 0 Å². The molecule has 0 spiro atoms. The highest BCUT2D eigenvalue weighted by atomic mass is 79.9. The molecule has 2 aromatic heterocycles. The summed E-state index contributed by atoms with van der Waals surface area (Å²) in [6.45, 7) is 0.807. The normalized spacial score (nSPS) is 10.2. The van der Waals surface area contributed by atoms with Gasteiger partial charge in [0.2, 0.25) is 11.8 Å². The number of halogens is 1. The van der Waals surface area contributed by atoms with Gasteiger partial charge in [-0.2, -0.15) is 16.3 Å². The number of methoxy groups -OCH3 is 1. The van der Waals surface area contributed by atoms with Crippen LogP contribution >= 0.6 is 27.3 Å². The van der Waals surface area contributed by atoms with Gasteiger partial charge in [0.1, 0.15) is 0 Å². The number of ether oxygens (including phenoxy) is 1. The van der Waals surface area contributed by atoms with Gasteiger partial charge in [-0.3, -0.25) is 0 Å². The Kier molecular flexibility index (Phi) is 4.33. The molecule has 0 unspecified atom stereocenters. The van der Waals surface area contributed by atoms with E-state index in [0.717, 1.165) is 17.4 Å². The molecule has 90 valence electrons. The Hall–Kier alpha value is -1.14. The fourth-order valence-electron chi connectivity index (χ4n) is 1.33. The number of hydrogen-bond donors (Lipinski definition) is 1. The van der Waals surface area contributed by atoms with Gasteiger partial charge in [-0.25, -0.2) is 4.98 Å². The number of aromatic nitrogens is 2. The van der Waals surface area contributed by atoms with Gasteiger partial charge in [0.25, 0.3) is 0 Å². The Morgan fingerprint density at radius 1 is 1.53 bits per heavy atom. The smallest absolute Gasteiger partial charge is 0.232 e. The lowest BCUT2D eigenvalue weighted by Crippen LogP contribution is -2.08. The van der Waals surface area contributed by atoms with Gasteiger partial charge < -0.3 is 10.1 Å². The molecule has 0 fully saturated rings. The zero-order chi connectivity index (χ0) is 12.1. The molecule has 0 saturated heterocycles. The molecule has 17 heavy (non-hydrogen) atoms. The summed E-state index contributed by atoms with van der Waals surface area (Å²) in [5.74, 6) is 1.12. The number of anilines is 1. The molecule has 0 bridgehead atoms. The number of thiophene rings is 1. The van der Waals surface area contributed by atoms with Crippen LogP contribution in [0.3, 0.4) is 0 Å². The van der Waals surface area contributed by atoms with Crippen molar-refractivity contribution in [3.63, 3.8) is 0 Å². The second-order valence-electron chi connectivity index (χ2n) is 3.36. The van der Waals surface area contributed by atoms with Crippen LogP contribution in [-0.2, 0) is 6.42 Å². The summed E-state index contributed by atoms with van der Waals surface area (Å²) < 4.78 is 5.85. The van der Waals surface area contributed by atoms with Crippen LogP contribution < -0.4 is 10.1 Å². The van der Waals surface area contributed by atoms with Crippen LogP contribution in [0, 0.1) is 0 Å². The van der Waals surface area contributed by atoms with Gasteiger partial charge in [-0.1, -0.05) is 0 Å². The van der Waals surface area contributed by atoms with Crippen molar-refractivity contribution < 1.29 is 4.74 Å². The minimum Gasteiger partial charge on any atom is -0.480 e. The number of rotatable bonds is 5. The average Bonchev–Trinajstić information content (AvgIpc) is 2.84. The lowest BCUT2D eigenvalue weighted by atomic mass is 10.2. The van der Waals surface area contributed by atoms with E-state index in [9.17, 15) is 0 Å². The maximum atomic E-state index is 5.10. The SMILES string of the molecule is COc1nc(NCCc2ccsc2)ncc1Br. The third-order valence-corrected chi connectivity index (χ3v) is 3.46. The van der Waals surface area contributed by atoms with Crippen molar-refractivity contribution in [2.45, 2.75) is 6.42 Å². The zero-order valence-corrected chi connectivity index (χ0v) is 11.7. The Balaban J connectivity index is 1.90. The van der Waals surface area contributed by atoms with E-state index in [1.807, 2.05) is 0 Å². The van der Waals surface area contributed by atoms with E-state index < -0.39 is 0 Å². The third-order valence-electron chi connectivity index (χ3n) is 2.18. The molecule has 2 rings (SSSR count). The Morgan fingerprint density at radius 3 is 3.12 bits per heavy atom. The summed E-state index contributed by atoms with van der Waals surface area (Å²) in [6.07, 6.45) is 2.64. The number of nitrogens with one attached hydrogen (secondary N) is 1. The van der Waals surface area contributed by atoms with Crippen molar-refractivity contribution in [2.75, 3.05) is 19.0 Å². The molecule has 4 nitrogen and oxygen atoms in total. The lowest BCUT2D eigenvalue weighted by Gasteiger charge is -2.06. The minimum atomic E-state index is 0.540. The summed E-state index contributed by atoms with van der Waals surface area (Å²) in [4.78, 5) is 8.38. The Bertz CT molecular complexity index is 476. The first-order valence-electron chi connectivity index (χ1n) is 5.11. The fraction of sp³-hybridized carbons (Fsp3) is 0.273. The molecule has 0 aliphatic heterocycles. The van der Waals surface area contributed by atoms with Gasteiger partial charge in [0.15, 0.2) is 0 Å². The van der Waals surface area contributed by atoms with Crippen molar-refractivity contribution >= 4 is 33.2 Å². The molecule has 1 N–H and O–H groups in total. The van der Waals surface area contributed by atoms with Crippen LogP contribution in [0.1, 0.15) is 5.56 Å². The highest BCUT2D eigenvalue weighted by Crippen LogP contribution is 2.21. The van der Waals surface area contributed by atoms with Crippen molar-refractivity contribution in [1.29, 1.82) is 0 Å². The molecule has 0 aliphatic rings. The van der Waals surface area contributed by atoms with Crippen LogP contribution in [0.5, 0.6) is 5.88 Å². The van der Waals surface area contributed by atoms with Crippen LogP contribution in [0.4, 0.5) is 5.95 Å². The van der Waals surface area contributed by atoms with Crippen molar-refractivity contribution in [3.05, 3.63) is 33.1 Å². The predicted octanol–water partition coefficient (Wildman–Crippen LogP) is 2.96. The molecule has 0 aromatic carbocycles. The summed E-state index contributed by atoms with van der Waals surface area (Å²) in [5, 5.41) is 7.39. The maximum Gasteiger partial charge on any atom is 0.232 e. The average molecular weight is 314 g/mol. The second kappa shape index (κ2) is 5.97. The van der Waals surface area contributed by atoms with E-state index in [0.29, 0.717) is 11.8 Å². The van der Waals surface area contributed by atoms with Crippen molar-refractivity contribution in [2.24, 2.45) is 0 Å². The minimum absolute atomic E-state index is 0.540. The van der Waals surface area contributed by atoms with Crippen LogP contribution in [0.25, 0.3) is 0 Å². The summed E-state index contributed by atoms with van der Waals surface area (Å²) in [6, 6.07) is 2.12. The monoisotopic (exact) mass is 313 g/mol. The van der Waals surface area contributed by atoms with Crippen molar-refractivity contribution in [3.8, 4) is 5.88 Å². The third kappa shape index (κ3) is 3.41. The topological polar surface area (TPSA) is 47.0 Å². The molecule has 6 heteroatoms. The maximum absolute atomic E-state index is 5.10. The van der Waals surface area contributed by atoms with Gasteiger partial charge in [-0.05, 0) is 44.7 Å². The van der Waals surface area contributed by atoms with Gasteiger partial charge in [0.05, 0.1) is 17.8 Å². The molecule has 0 saturated carbocycles. The highest BCUT2D eigenvalue weighted by molar-refractivity contribution is 9.10. The first-order chi connectivity index (χ1) is 8.29. The Morgan fingerprint density at radius 2 is 2.41 bits per heavy atom. The molecular weight excluding hydrogens is 302 g/mol. The molecule has 0 aliphatic carbocycles. The number of nitrogens with zero attached hydrogens (tertiary/aromatic N) is 2. The second-order valence-corrected chi connectivity index (χ2v) is 4.99. The molecule has 2 heterocycles. The number of hydrogen-bond acceptors (Lipinski definition) is 5. The van der Waals surface area contributed by atoms with Crippen molar-refractivity contribution in [1.82, 2.24) is 9.97 Å². The van der Waals surface area contributed by atoms with E-state index in [2.05, 4.69) is 48.0 Å². The van der Waals surface area contributed by atoms with Gasteiger partial charge >= 0.3 is 0 Å². The van der Waals surface area contributed by atoms with Crippen LogP contribution in [0.15, 0.2) is 27.5 Å². The molecule has 0 amide bonds. The van der Waals surface area contributed by atoms with E-state index in [1.165, 1.54) is 5.56 Å². The van der Waals surface area contributed by atoms with E-state index in [4.69, 9.17) is 4.74 Å². The largest absolute Gasteiger partial charge is 0.480 e. The first-order valence-corrected chi connectivity index (χ1v) is 6.84. The molecule has 2 aromatic rings. The zero-order valence-electron chi connectivity index (χ0n) is 9.31. The molecule has 0 radical (unpaired) electrons. The lowest BCUT2D eigenvalue weighted by molar-refractivity contribution is 0.394. The van der Waals surface area contributed by atoms with E-state index in [-0.39, 0.29) is 0 Å². The Labute approximate surface area is 112 Å². The molecular formula is C11H12BrN3OS. The quantitative estimate of drug-likeness (QED) is 0.922. The first kappa shape index (κ1) is 12.3. The fourth-order valence-corrected chi connectivity index (χ4v) is 2.39.